The summed E-state index contributed by atoms with van der Waals surface area (Å²) in [5, 5.41) is 3.54. The minimum Gasteiger partial charge on any atom is -0.383 e. The first-order valence-corrected chi connectivity index (χ1v) is 8.03. The van der Waals surface area contributed by atoms with Gasteiger partial charge in [0.25, 0.3) is 0 Å². The molecule has 0 aromatic carbocycles. The highest BCUT2D eigenvalue weighted by molar-refractivity contribution is 7.89. The second-order valence-electron chi connectivity index (χ2n) is 4.98. The molecule has 20 heavy (non-hydrogen) atoms. The molecule has 1 aliphatic heterocycles. The molecule has 1 aromatic rings. The van der Waals surface area contributed by atoms with Crippen LogP contribution in [0.15, 0.2) is 12.4 Å². The summed E-state index contributed by atoms with van der Waals surface area (Å²) in [5.41, 5.74) is 0.895. The van der Waals surface area contributed by atoms with E-state index in [9.17, 15) is 8.42 Å². The molecule has 1 aromatic heterocycles. The average Bonchev–Trinajstić information content (AvgIpc) is 2.86. The van der Waals surface area contributed by atoms with Crippen LogP contribution in [0.1, 0.15) is 18.6 Å². The van der Waals surface area contributed by atoms with E-state index in [1.807, 2.05) is 13.2 Å². The molecular weight excluding hydrogens is 282 g/mol. The van der Waals surface area contributed by atoms with Gasteiger partial charge in [0.15, 0.2) is 0 Å². The van der Waals surface area contributed by atoms with E-state index in [0.29, 0.717) is 19.7 Å². The molecule has 0 spiro atoms. The molecule has 0 N–H and O–H groups in total. The molecule has 0 aliphatic carbocycles. The maximum absolute atomic E-state index is 12.4. The topological polar surface area (TPSA) is 73.7 Å². The van der Waals surface area contributed by atoms with E-state index in [-0.39, 0.29) is 12.7 Å². The monoisotopic (exact) mass is 303 g/mol. The zero-order valence-electron chi connectivity index (χ0n) is 12.0. The van der Waals surface area contributed by atoms with Gasteiger partial charge in [0.05, 0.1) is 30.8 Å². The fourth-order valence-electron chi connectivity index (χ4n) is 2.24. The minimum absolute atomic E-state index is 0.192. The van der Waals surface area contributed by atoms with E-state index in [4.69, 9.17) is 9.47 Å². The number of nitrogens with zero attached hydrogens (tertiary/aromatic N) is 3. The molecular formula is C12H21N3O4S. The van der Waals surface area contributed by atoms with Crippen LogP contribution in [-0.4, -0.2) is 61.2 Å². The Kier molecular flexibility index (Phi) is 4.79. The molecule has 1 aliphatic rings. The van der Waals surface area contributed by atoms with Gasteiger partial charge < -0.3 is 9.47 Å². The summed E-state index contributed by atoms with van der Waals surface area (Å²) < 4.78 is 38.6. The van der Waals surface area contributed by atoms with E-state index >= 15 is 0 Å². The summed E-state index contributed by atoms with van der Waals surface area (Å²) in [6.45, 7) is 2.94. The van der Waals surface area contributed by atoms with Gasteiger partial charge in [0, 0.05) is 39.0 Å². The van der Waals surface area contributed by atoms with Crippen molar-refractivity contribution in [1.82, 2.24) is 14.1 Å². The summed E-state index contributed by atoms with van der Waals surface area (Å²) in [4.78, 5) is 0. The summed E-state index contributed by atoms with van der Waals surface area (Å²) >= 11 is 0. The normalized spacial score (nSPS) is 22.9. The Hall–Kier alpha value is -0.960. The minimum atomic E-state index is -3.36. The van der Waals surface area contributed by atoms with Gasteiger partial charge in [-0.2, -0.15) is 9.40 Å². The van der Waals surface area contributed by atoms with Crippen molar-refractivity contribution >= 4 is 10.0 Å². The third kappa shape index (κ3) is 3.20. The average molecular weight is 303 g/mol. The van der Waals surface area contributed by atoms with Crippen LogP contribution in [-0.2, 0) is 26.5 Å². The van der Waals surface area contributed by atoms with Crippen molar-refractivity contribution in [3.05, 3.63) is 18.0 Å². The maximum Gasteiger partial charge on any atom is 0.219 e. The summed E-state index contributed by atoms with van der Waals surface area (Å²) in [7, 11) is -0.0325. The molecule has 0 amide bonds. The van der Waals surface area contributed by atoms with Crippen LogP contribution in [0.2, 0.25) is 0 Å². The standard InChI is InChI=1S/C12H21N3O4S/c1-10(9-18-3)20(16,17)15-4-5-19-12(8-15)11-6-13-14(2)7-11/h6-7,10,12H,4-5,8-9H2,1-3H3/t10-,12+/m1/s1. The van der Waals surface area contributed by atoms with Crippen molar-refractivity contribution in [1.29, 1.82) is 0 Å². The fourth-order valence-corrected chi connectivity index (χ4v) is 3.73. The summed E-state index contributed by atoms with van der Waals surface area (Å²) in [6.07, 6.45) is 3.29. The lowest BCUT2D eigenvalue weighted by molar-refractivity contribution is -0.00307. The molecule has 2 atom stereocenters. The number of aromatic nitrogens is 2. The maximum atomic E-state index is 12.4. The van der Waals surface area contributed by atoms with Crippen molar-refractivity contribution < 1.29 is 17.9 Å². The van der Waals surface area contributed by atoms with Crippen LogP contribution < -0.4 is 0 Å². The van der Waals surface area contributed by atoms with Gasteiger partial charge in [-0.25, -0.2) is 8.42 Å². The smallest absolute Gasteiger partial charge is 0.219 e. The van der Waals surface area contributed by atoms with Crippen LogP contribution in [0.5, 0.6) is 0 Å². The SMILES string of the molecule is COC[C@@H](C)S(=O)(=O)N1CCO[C@H](c2cnn(C)c2)C1. The van der Waals surface area contributed by atoms with Crippen LogP contribution in [0.4, 0.5) is 0 Å². The number of hydrogen-bond donors (Lipinski definition) is 0. The lowest BCUT2D eigenvalue weighted by atomic mass is 10.2. The van der Waals surface area contributed by atoms with E-state index in [1.54, 1.807) is 17.8 Å². The number of morpholine rings is 1. The van der Waals surface area contributed by atoms with Crippen LogP contribution >= 0.6 is 0 Å². The predicted molar refractivity (Wildman–Crippen MR) is 73.7 cm³/mol. The zero-order valence-corrected chi connectivity index (χ0v) is 12.8. The Morgan fingerprint density at radius 2 is 2.35 bits per heavy atom. The molecule has 1 saturated heterocycles. The zero-order chi connectivity index (χ0) is 14.8. The Balaban J connectivity index is 2.10. The van der Waals surface area contributed by atoms with Crippen LogP contribution in [0.3, 0.4) is 0 Å². The molecule has 0 saturated carbocycles. The molecule has 0 radical (unpaired) electrons. The van der Waals surface area contributed by atoms with Gasteiger partial charge >= 0.3 is 0 Å². The molecule has 7 nitrogen and oxygen atoms in total. The number of sulfonamides is 1. The van der Waals surface area contributed by atoms with E-state index < -0.39 is 15.3 Å². The van der Waals surface area contributed by atoms with Crippen molar-refractivity contribution in [2.45, 2.75) is 18.3 Å². The first kappa shape index (κ1) is 15.4. The van der Waals surface area contributed by atoms with Gasteiger partial charge in [0.2, 0.25) is 10.0 Å². The van der Waals surface area contributed by atoms with E-state index in [2.05, 4.69) is 5.10 Å². The second-order valence-corrected chi connectivity index (χ2v) is 7.33. The van der Waals surface area contributed by atoms with Crippen molar-refractivity contribution in [3.63, 3.8) is 0 Å². The van der Waals surface area contributed by atoms with E-state index in [1.165, 1.54) is 11.4 Å². The van der Waals surface area contributed by atoms with E-state index in [0.717, 1.165) is 5.56 Å². The quantitative estimate of drug-likeness (QED) is 0.774. The van der Waals surface area contributed by atoms with Gasteiger partial charge in [-0.1, -0.05) is 0 Å². The van der Waals surface area contributed by atoms with Gasteiger partial charge in [-0.05, 0) is 6.92 Å². The molecule has 0 bridgehead atoms. The number of methoxy groups -OCH3 is 1. The number of ether oxygens (including phenoxy) is 2. The lowest BCUT2D eigenvalue weighted by Crippen LogP contribution is -2.46. The first-order valence-electron chi connectivity index (χ1n) is 6.53. The highest BCUT2D eigenvalue weighted by atomic mass is 32.2. The summed E-state index contributed by atoms with van der Waals surface area (Å²) in [6, 6.07) is 0. The fraction of sp³-hybridized carbons (Fsp3) is 0.750. The third-order valence-electron chi connectivity index (χ3n) is 3.40. The van der Waals surface area contributed by atoms with Crippen LogP contribution in [0, 0.1) is 0 Å². The molecule has 8 heteroatoms. The molecule has 1 fully saturated rings. The van der Waals surface area contributed by atoms with Crippen LogP contribution in [0.25, 0.3) is 0 Å². The van der Waals surface area contributed by atoms with Crippen molar-refractivity contribution in [3.8, 4) is 0 Å². The largest absolute Gasteiger partial charge is 0.383 e. The second kappa shape index (κ2) is 6.21. The lowest BCUT2D eigenvalue weighted by Gasteiger charge is -2.33. The number of hydrogen-bond acceptors (Lipinski definition) is 5. The van der Waals surface area contributed by atoms with Crippen molar-refractivity contribution in [2.75, 3.05) is 33.4 Å². The first-order chi connectivity index (χ1) is 9.45. The molecule has 2 rings (SSSR count). The highest BCUT2D eigenvalue weighted by Gasteiger charge is 2.34. The Bertz CT molecular complexity index is 543. The molecule has 2 heterocycles. The van der Waals surface area contributed by atoms with Crippen molar-refractivity contribution in [2.24, 2.45) is 7.05 Å². The molecule has 114 valence electrons. The highest BCUT2D eigenvalue weighted by Crippen LogP contribution is 2.24. The Morgan fingerprint density at radius 3 is 2.95 bits per heavy atom. The molecule has 0 unspecified atom stereocenters. The number of aryl methyl sites for hydroxylation is 1. The van der Waals surface area contributed by atoms with Gasteiger partial charge in [-0.3, -0.25) is 4.68 Å². The van der Waals surface area contributed by atoms with Gasteiger partial charge in [0.1, 0.15) is 0 Å². The Morgan fingerprint density at radius 1 is 1.60 bits per heavy atom. The summed E-state index contributed by atoms with van der Waals surface area (Å²) in [5.74, 6) is 0. The third-order valence-corrected chi connectivity index (χ3v) is 5.60. The predicted octanol–water partition coefficient (Wildman–Crippen LogP) is 0.158. The Labute approximate surface area is 119 Å². The number of rotatable bonds is 5. The van der Waals surface area contributed by atoms with Gasteiger partial charge in [-0.15, -0.1) is 0 Å².